The summed E-state index contributed by atoms with van der Waals surface area (Å²) in [7, 11) is 1.69. The Morgan fingerprint density at radius 1 is 1.20 bits per heavy atom. The summed E-state index contributed by atoms with van der Waals surface area (Å²) in [4.78, 5) is 25.9. The number of H-pyrrole nitrogens is 1. The smallest absolute Gasteiger partial charge is 0.439 e. The Morgan fingerprint density at radius 2 is 2.02 bits per heavy atom. The second kappa shape index (κ2) is 11.6. The van der Waals surface area contributed by atoms with Crippen molar-refractivity contribution in [1.29, 1.82) is 0 Å². The zero-order valence-electron chi connectivity index (χ0n) is 25.0. The number of nitrogens with one attached hydrogen (secondary N) is 1. The summed E-state index contributed by atoms with van der Waals surface area (Å²) in [6.45, 7) is 6.70. The Hall–Kier alpha value is -4.26. The van der Waals surface area contributed by atoms with Gasteiger partial charge in [-0.05, 0) is 69.1 Å². The van der Waals surface area contributed by atoms with Crippen LogP contribution in [0.2, 0.25) is 5.02 Å². The molecule has 2 aromatic carbocycles. The molecule has 0 aliphatic carbocycles. The Labute approximate surface area is 262 Å². The van der Waals surface area contributed by atoms with Gasteiger partial charge in [-0.25, -0.2) is 14.2 Å². The van der Waals surface area contributed by atoms with E-state index in [1.165, 1.54) is 6.07 Å². The largest absolute Gasteiger partial charge is 0.444 e. The molecule has 0 unspecified atom stereocenters. The van der Waals surface area contributed by atoms with Crippen LogP contribution in [-0.4, -0.2) is 55.9 Å². The number of halogens is 2. The average molecular weight is 635 g/mol. The maximum absolute atomic E-state index is 14.8. The number of likely N-dealkylation sites (tertiary alicyclic amines) is 1. The van der Waals surface area contributed by atoms with Gasteiger partial charge in [0.1, 0.15) is 17.3 Å². The maximum Gasteiger partial charge on any atom is 0.439 e. The van der Waals surface area contributed by atoms with Crippen molar-refractivity contribution in [3.05, 3.63) is 87.0 Å². The lowest BCUT2D eigenvalue weighted by Gasteiger charge is -2.32. The number of hydrogen-bond acceptors (Lipinski definition) is 9. The number of hydrogen-bond donors (Lipinski definition) is 1. The summed E-state index contributed by atoms with van der Waals surface area (Å²) in [6, 6.07) is 12.2. The number of fused-ring (bicyclic) bond motifs is 2. The molecule has 5 heterocycles. The number of ether oxygens (including phenoxy) is 3. The highest BCUT2D eigenvalue weighted by Gasteiger charge is 2.43. The number of piperidine rings is 1. The zero-order valence-corrected chi connectivity index (χ0v) is 25.8. The first-order chi connectivity index (χ1) is 21.7. The molecule has 3 aromatic heterocycles. The van der Waals surface area contributed by atoms with Crippen molar-refractivity contribution in [2.75, 3.05) is 20.2 Å². The van der Waals surface area contributed by atoms with Crippen molar-refractivity contribution in [2.45, 2.75) is 57.6 Å². The number of aromatic nitrogens is 5. The van der Waals surface area contributed by atoms with Crippen LogP contribution in [0.5, 0.6) is 11.5 Å². The summed E-state index contributed by atoms with van der Waals surface area (Å²) in [5.74, 6) is 0.280. The number of para-hydroxylation sites is 1. The zero-order chi connectivity index (χ0) is 31.3. The minimum atomic E-state index is -1.29. The number of rotatable bonds is 8. The number of nitrogens with zero attached hydrogens (tertiary/aromatic N) is 5. The van der Waals surface area contributed by atoms with E-state index < -0.39 is 17.4 Å². The molecule has 0 radical (unpaired) electrons. The molecule has 2 aliphatic rings. The summed E-state index contributed by atoms with van der Waals surface area (Å²) < 4.78 is 39.8. The third-order valence-electron chi connectivity index (χ3n) is 8.66. The maximum atomic E-state index is 14.8. The third-order valence-corrected chi connectivity index (χ3v) is 8.90. The van der Waals surface area contributed by atoms with Gasteiger partial charge in [0.2, 0.25) is 5.82 Å². The Kier molecular flexibility index (Phi) is 7.58. The van der Waals surface area contributed by atoms with E-state index in [9.17, 15) is 9.18 Å². The number of imidazole rings is 1. The first-order valence-electron chi connectivity index (χ1n) is 14.8. The van der Waals surface area contributed by atoms with Gasteiger partial charge in [0.15, 0.2) is 11.5 Å². The van der Waals surface area contributed by atoms with Crippen molar-refractivity contribution < 1.29 is 23.1 Å². The summed E-state index contributed by atoms with van der Waals surface area (Å²) in [6.07, 6.45) is 3.52. The van der Waals surface area contributed by atoms with E-state index in [4.69, 9.17) is 30.8 Å². The summed E-state index contributed by atoms with van der Waals surface area (Å²) in [5, 5.41) is 4.07. The van der Waals surface area contributed by atoms with Gasteiger partial charge >= 0.3 is 5.76 Å². The van der Waals surface area contributed by atoms with E-state index in [0.29, 0.717) is 40.9 Å². The van der Waals surface area contributed by atoms with Crippen molar-refractivity contribution in [1.82, 2.24) is 29.6 Å². The van der Waals surface area contributed by atoms with Crippen LogP contribution >= 0.6 is 11.6 Å². The number of methoxy groups -OCH3 is 1. The van der Waals surface area contributed by atoms with Gasteiger partial charge in [-0.3, -0.25) is 19.4 Å². The van der Waals surface area contributed by atoms with Crippen LogP contribution in [0.1, 0.15) is 49.6 Å². The fourth-order valence-corrected chi connectivity index (χ4v) is 6.40. The molecule has 1 saturated heterocycles. The average Bonchev–Trinajstić information content (AvgIpc) is 3.71. The van der Waals surface area contributed by atoms with Crippen LogP contribution in [-0.2, 0) is 23.6 Å². The van der Waals surface area contributed by atoms with E-state index >= 15 is 0 Å². The fraction of sp³-hybridized carbons (Fsp3) is 0.375. The molecule has 0 amide bonds. The second-order valence-electron chi connectivity index (χ2n) is 11.7. The Bertz CT molecular complexity index is 1930. The van der Waals surface area contributed by atoms with Crippen LogP contribution in [0.4, 0.5) is 4.39 Å². The Balaban J connectivity index is 1.09. The van der Waals surface area contributed by atoms with Crippen LogP contribution in [0, 0.1) is 5.82 Å². The molecule has 1 N–H and O–H groups in total. The van der Waals surface area contributed by atoms with Gasteiger partial charge in [-0.2, -0.15) is 0 Å². The van der Waals surface area contributed by atoms with E-state index in [1.807, 2.05) is 19.1 Å². The SMILES string of the molecule is CO[C@H](C)Cn1c(CN2CCC(c3cccc4c3O[C@@](C)(c3ccc(Cl)cc3F)O4)CC2)nc2cc(-c3noc(=O)[nH]3)ncc21. The van der Waals surface area contributed by atoms with E-state index in [-0.39, 0.29) is 17.8 Å². The molecule has 2 atom stereocenters. The van der Waals surface area contributed by atoms with Crippen LogP contribution in [0.3, 0.4) is 0 Å². The number of aromatic amines is 1. The third kappa shape index (κ3) is 5.58. The van der Waals surface area contributed by atoms with Crippen LogP contribution in [0.25, 0.3) is 22.6 Å². The number of benzene rings is 2. The van der Waals surface area contributed by atoms with Gasteiger partial charge in [0.05, 0.1) is 42.0 Å². The second-order valence-corrected chi connectivity index (χ2v) is 12.1. The molecular weight excluding hydrogens is 603 g/mol. The van der Waals surface area contributed by atoms with E-state index in [2.05, 4.69) is 35.2 Å². The molecule has 234 valence electrons. The molecule has 0 saturated carbocycles. The predicted octanol–water partition coefficient (Wildman–Crippen LogP) is 5.63. The molecule has 1 fully saturated rings. The molecule has 11 nitrogen and oxygen atoms in total. The Morgan fingerprint density at radius 3 is 2.76 bits per heavy atom. The molecule has 5 aromatic rings. The van der Waals surface area contributed by atoms with Gasteiger partial charge in [0, 0.05) is 24.6 Å². The molecule has 13 heteroatoms. The quantitative estimate of drug-likeness (QED) is 0.232. The molecule has 45 heavy (non-hydrogen) atoms. The van der Waals surface area contributed by atoms with Crippen LogP contribution in [0.15, 0.2) is 58.0 Å². The minimum absolute atomic E-state index is 0.0344. The highest BCUT2D eigenvalue weighted by molar-refractivity contribution is 6.30. The molecule has 0 bridgehead atoms. The monoisotopic (exact) mass is 634 g/mol. The lowest BCUT2D eigenvalue weighted by Crippen LogP contribution is -2.34. The summed E-state index contributed by atoms with van der Waals surface area (Å²) in [5.41, 5.74) is 3.45. The predicted molar refractivity (Wildman–Crippen MR) is 164 cm³/mol. The minimum Gasteiger partial charge on any atom is -0.444 e. The number of pyridine rings is 1. The normalized spacial score (nSPS) is 19.4. The first-order valence-corrected chi connectivity index (χ1v) is 15.2. The van der Waals surface area contributed by atoms with Crippen molar-refractivity contribution in [3.63, 3.8) is 0 Å². The fourth-order valence-electron chi connectivity index (χ4n) is 6.24. The van der Waals surface area contributed by atoms with Crippen molar-refractivity contribution >= 4 is 22.6 Å². The van der Waals surface area contributed by atoms with Crippen molar-refractivity contribution in [3.8, 4) is 23.0 Å². The molecular formula is C32H32ClFN6O5. The first kappa shape index (κ1) is 29.5. The lowest BCUT2D eigenvalue weighted by atomic mass is 9.88. The standard InChI is InChI=1S/C32H32ClFN6O5/c1-18(42-3)16-40-26-15-35-25(30-37-31(41)45-38-30)14-24(26)36-28(40)17-39-11-9-19(10-12-39)21-5-4-6-27-29(21)44-32(2,43-27)22-8-7-20(33)13-23(22)34/h4-8,13-15,18-19H,9-12,16-17H2,1-3H3,(H,37,38,41)/t18-,32+/m1/s1. The van der Waals surface area contributed by atoms with Crippen molar-refractivity contribution in [2.24, 2.45) is 0 Å². The van der Waals surface area contributed by atoms with Gasteiger partial charge in [0.25, 0.3) is 5.79 Å². The highest BCUT2D eigenvalue weighted by Crippen LogP contribution is 2.49. The van der Waals surface area contributed by atoms with E-state index in [1.54, 1.807) is 38.4 Å². The topological polar surface area (TPSA) is 121 Å². The van der Waals surface area contributed by atoms with Gasteiger partial charge in [-0.15, -0.1) is 0 Å². The van der Waals surface area contributed by atoms with Crippen LogP contribution < -0.4 is 15.2 Å². The van der Waals surface area contributed by atoms with Gasteiger partial charge in [-0.1, -0.05) is 28.9 Å². The summed E-state index contributed by atoms with van der Waals surface area (Å²) >= 11 is 5.98. The van der Waals surface area contributed by atoms with E-state index in [0.717, 1.165) is 48.4 Å². The van der Waals surface area contributed by atoms with Gasteiger partial charge < -0.3 is 18.8 Å². The lowest BCUT2D eigenvalue weighted by molar-refractivity contribution is -0.0712. The highest BCUT2D eigenvalue weighted by atomic mass is 35.5. The molecule has 0 spiro atoms. The molecule has 2 aliphatic heterocycles. The molecule has 7 rings (SSSR count).